The van der Waals surface area contributed by atoms with Gasteiger partial charge in [0.25, 0.3) is 5.91 Å². The van der Waals surface area contributed by atoms with E-state index in [4.69, 9.17) is 4.74 Å². The number of anilines is 1. The first-order valence-corrected chi connectivity index (χ1v) is 14.7. The van der Waals surface area contributed by atoms with E-state index in [1.54, 1.807) is 12.1 Å². The highest BCUT2D eigenvalue weighted by Crippen LogP contribution is 2.35. The van der Waals surface area contributed by atoms with Crippen LogP contribution in [0.5, 0.6) is 11.6 Å². The number of aromatic hydroxyl groups is 1. The number of benzene rings is 2. The summed E-state index contributed by atoms with van der Waals surface area (Å²) in [5.41, 5.74) is 3.20. The Labute approximate surface area is 231 Å². The van der Waals surface area contributed by atoms with Gasteiger partial charge >= 0.3 is 5.69 Å². The van der Waals surface area contributed by atoms with Crippen LogP contribution in [0.15, 0.2) is 53.3 Å². The third-order valence-electron chi connectivity index (χ3n) is 7.27. The van der Waals surface area contributed by atoms with Gasteiger partial charge in [-0.3, -0.25) is 24.6 Å². The molecule has 2 aromatic heterocycles. The SMILES string of the molecule is Cc1cc(COc2ccc(C(=O)N(C)c3[nH]c(=O)[nH]c3O)c(C3CCN(S(C)(=O)=O)CC3)c2)c2ccccc2n1. The smallest absolute Gasteiger partial charge is 0.327 e. The summed E-state index contributed by atoms with van der Waals surface area (Å²) in [6.45, 7) is 2.91. The second-order valence-corrected chi connectivity index (χ2v) is 12.0. The number of ether oxygens (including phenoxy) is 1. The molecule has 11 nitrogen and oxygen atoms in total. The number of nitrogens with zero attached hydrogens (tertiary/aromatic N) is 3. The molecule has 0 spiro atoms. The first-order valence-electron chi connectivity index (χ1n) is 12.9. The van der Waals surface area contributed by atoms with Crippen LogP contribution in [-0.4, -0.2) is 65.1 Å². The largest absolute Gasteiger partial charge is 0.492 e. The van der Waals surface area contributed by atoms with Crippen molar-refractivity contribution in [2.24, 2.45) is 0 Å². The number of pyridine rings is 1. The molecule has 1 fully saturated rings. The number of nitrogens with one attached hydrogen (secondary N) is 2. The van der Waals surface area contributed by atoms with E-state index in [1.165, 1.54) is 22.5 Å². The zero-order valence-electron chi connectivity index (χ0n) is 22.5. The fraction of sp³-hybridized carbons (Fsp3) is 0.321. The molecule has 1 aliphatic heterocycles. The Morgan fingerprint density at radius 2 is 1.88 bits per heavy atom. The maximum atomic E-state index is 13.6. The van der Waals surface area contributed by atoms with Gasteiger partial charge in [0.1, 0.15) is 12.4 Å². The molecular weight excluding hydrogens is 534 g/mol. The van der Waals surface area contributed by atoms with Gasteiger partial charge < -0.3 is 9.84 Å². The van der Waals surface area contributed by atoms with Gasteiger partial charge in [0, 0.05) is 42.3 Å². The number of sulfonamides is 1. The van der Waals surface area contributed by atoms with Crippen LogP contribution in [0.3, 0.4) is 0 Å². The summed E-state index contributed by atoms with van der Waals surface area (Å²) in [5, 5.41) is 11.1. The van der Waals surface area contributed by atoms with Gasteiger partial charge in [0.15, 0.2) is 5.82 Å². The summed E-state index contributed by atoms with van der Waals surface area (Å²) in [6.07, 6.45) is 2.25. The predicted molar refractivity (Wildman–Crippen MR) is 151 cm³/mol. The second kappa shape index (κ2) is 10.8. The summed E-state index contributed by atoms with van der Waals surface area (Å²) < 4.78 is 31.8. The molecule has 3 N–H and O–H groups in total. The van der Waals surface area contributed by atoms with Crippen LogP contribution >= 0.6 is 0 Å². The number of piperidine rings is 1. The van der Waals surface area contributed by atoms with Crippen molar-refractivity contribution < 1.29 is 23.1 Å². The number of fused-ring (bicyclic) bond motifs is 1. The standard InChI is InChI=1S/C28H31N5O6S/c1-17-14-19(21-6-4-5-7-24(21)29-17)16-39-20-8-9-22(27(35)32(2)25-26(34)31-28(36)30-25)23(15-20)18-10-12-33(13-11-18)40(3,37)38/h4-9,14-15,18,34H,10-13,16H2,1-3H3,(H2,30,31,36). The zero-order chi connectivity index (χ0) is 28.6. The minimum atomic E-state index is -3.32. The van der Waals surface area contributed by atoms with E-state index in [0.717, 1.165) is 27.7 Å². The number of para-hydroxylation sites is 1. The topological polar surface area (TPSA) is 149 Å². The molecule has 1 aliphatic rings. The van der Waals surface area contributed by atoms with Crippen molar-refractivity contribution in [2.45, 2.75) is 32.3 Å². The number of hydrogen-bond acceptors (Lipinski definition) is 7. The number of hydrogen-bond donors (Lipinski definition) is 3. The number of amides is 1. The summed E-state index contributed by atoms with van der Waals surface area (Å²) in [5.74, 6) is -0.460. The number of rotatable bonds is 7. The number of carbonyl (C=O) groups is 1. The van der Waals surface area contributed by atoms with Gasteiger partial charge in [-0.2, -0.15) is 0 Å². The predicted octanol–water partition coefficient (Wildman–Crippen LogP) is 3.26. The van der Waals surface area contributed by atoms with Gasteiger partial charge in [0.2, 0.25) is 15.9 Å². The van der Waals surface area contributed by atoms with E-state index in [-0.39, 0.29) is 11.7 Å². The van der Waals surface area contributed by atoms with Crippen LogP contribution in [-0.2, 0) is 16.6 Å². The highest BCUT2D eigenvalue weighted by Gasteiger charge is 2.30. The minimum absolute atomic E-state index is 0.0480. The van der Waals surface area contributed by atoms with Crippen LogP contribution in [0, 0.1) is 6.92 Å². The first-order chi connectivity index (χ1) is 19.0. The van der Waals surface area contributed by atoms with Crippen molar-refractivity contribution >= 4 is 32.7 Å². The van der Waals surface area contributed by atoms with Gasteiger partial charge in [-0.1, -0.05) is 18.2 Å². The average molecular weight is 566 g/mol. The molecule has 40 heavy (non-hydrogen) atoms. The Bertz CT molecular complexity index is 1740. The highest BCUT2D eigenvalue weighted by molar-refractivity contribution is 7.88. The molecule has 3 heterocycles. The molecule has 12 heteroatoms. The highest BCUT2D eigenvalue weighted by atomic mass is 32.2. The third kappa shape index (κ3) is 5.58. The minimum Gasteiger partial charge on any atom is -0.492 e. The summed E-state index contributed by atoms with van der Waals surface area (Å²) in [6, 6.07) is 15.1. The van der Waals surface area contributed by atoms with Crippen LogP contribution in [0.1, 0.15) is 45.9 Å². The number of carbonyl (C=O) groups excluding carboxylic acids is 1. The Balaban J connectivity index is 1.46. The quantitative estimate of drug-likeness (QED) is 0.311. The van der Waals surface area contributed by atoms with Crippen molar-refractivity contribution in [3.05, 3.63) is 81.4 Å². The summed E-state index contributed by atoms with van der Waals surface area (Å²) in [4.78, 5) is 35.6. The van der Waals surface area contributed by atoms with Gasteiger partial charge in [0.05, 0.1) is 11.8 Å². The number of imidazole rings is 1. The Morgan fingerprint density at radius 3 is 2.55 bits per heavy atom. The Morgan fingerprint density at radius 1 is 1.15 bits per heavy atom. The molecule has 5 rings (SSSR count). The second-order valence-electron chi connectivity index (χ2n) is 10.1. The van der Waals surface area contributed by atoms with Crippen LogP contribution in [0.25, 0.3) is 10.9 Å². The number of aromatic nitrogens is 3. The van der Waals surface area contributed by atoms with E-state index in [2.05, 4.69) is 15.0 Å². The Hall–Kier alpha value is -4.16. The number of H-pyrrole nitrogens is 2. The van der Waals surface area contributed by atoms with Crippen LogP contribution < -0.4 is 15.3 Å². The Kier molecular flexibility index (Phi) is 7.39. The monoisotopic (exact) mass is 565 g/mol. The molecule has 1 amide bonds. The number of aryl methyl sites for hydroxylation is 1. The molecule has 0 aliphatic carbocycles. The molecule has 1 saturated heterocycles. The lowest BCUT2D eigenvalue weighted by molar-refractivity contribution is 0.0989. The van der Waals surface area contributed by atoms with Gasteiger partial charge in [-0.05, 0) is 61.6 Å². The van der Waals surface area contributed by atoms with E-state index in [1.807, 2.05) is 43.3 Å². The molecule has 2 aromatic carbocycles. The van der Waals surface area contributed by atoms with E-state index < -0.39 is 27.5 Å². The van der Waals surface area contributed by atoms with Crippen molar-refractivity contribution in [1.29, 1.82) is 0 Å². The molecule has 0 saturated carbocycles. The first kappa shape index (κ1) is 27.4. The molecular formula is C28H31N5O6S. The molecule has 4 aromatic rings. The van der Waals surface area contributed by atoms with Gasteiger partial charge in [-0.25, -0.2) is 17.5 Å². The molecule has 0 atom stereocenters. The van der Waals surface area contributed by atoms with Crippen molar-refractivity contribution in [3.63, 3.8) is 0 Å². The maximum absolute atomic E-state index is 13.6. The zero-order valence-corrected chi connectivity index (χ0v) is 23.3. The molecule has 210 valence electrons. The molecule has 0 radical (unpaired) electrons. The van der Waals surface area contributed by atoms with Crippen LogP contribution in [0.2, 0.25) is 0 Å². The lowest BCUT2D eigenvalue weighted by Crippen LogP contribution is -2.37. The van der Waals surface area contributed by atoms with Crippen molar-refractivity contribution in [3.8, 4) is 11.6 Å². The van der Waals surface area contributed by atoms with Crippen LogP contribution in [0.4, 0.5) is 5.82 Å². The van der Waals surface area contributed by atoms with E-state index in [0.29, 0.717) is 43.9 Å². The third-order valence-corrected chi connectivity index (χ3v) is 8.57. The lowest BCUT2D eigenvalue weighted by Gasteiger charge is -2.31. The normalized spacial score (nSPS) is 14.9. The van der Waals surface area contributed by atoms with Crippen molar-refractivity contribution in [2.75, 3.05) is 31.3 Å². The average Bonchev–Trinajstić information content (AvgIpc) is 3.27. The summed E-state index contributed by atoms with van der Waals surface area (Å²) in [7, 11) is -1.86. The van der Waals surface area contributed by atoms with E-state index in [9.17, 15) is 23.1 Å². The fourth-order valence-electron chi connectivity index (χ4n) is 5.23. The maximum Gasteiger partial charge on any atom is 0.327 e. The van der Waals surface area contributed by atoms with E-state index >= 15 is 0 Å². The molecule has 0 unspecified atom stereocenters. The molecule has 0 bridgehead atoms. The summed E-state index contributed by atoms with van der Waals surface area (Å²) >= 11 is 0. The van der Waals surface area contributed by atoms with Gasteiger partial charge in [-0.15, -0.1) is 0 Å². The fourth-order valence-corrected chi connectivity index (χ4v) is 6.10. The number of aromatic amines is 2. The van der Waals surface area contributed by atoms with Crippen molar-refractivity contribution in [1.82, 2.24) is 19.3 Å². The lowest BCUT2D eigenvalue weighted by atomic mass is 9.86.